The fraction of sp³-hybridized carbons (Fsp3) is 0.857. The van der Waals surface area contributed by atoms with Crippen molar-refractivity contribution >= 4 is 12.2 Å². The minimum absolute atomic E-state index is 0.461. The SMILES string of the molecule is CC(CCCCCCN=C=O)CC(C)CN=C=O. The zero-order chi connectivity index (χ0) is 13.6. The van der Waals surface area contributed by atoms with Gasteiger partial charge in [0.15, 0.2) is 0 Å². The molecule has 102 valence electrons. The Labute approximate surface area is 110 Å². The lowest BCUT2D eigenvalue weighted by Crippen LogP contribution is -2.06. The summed E-state index contributed by atoms with van der Waals surface area (Å²) in [6, 6.07) is 0. The van der Waals surface area contributed by atoms with Gasteiger partial charge >= 0.3 is 0 Å². The molecule has 0 N–H and O–H groups in total. The minimum Gasteiger partial charge on any atom is -0.211 e. The van der Waals surface area contributed by atoms with Gasteiger partial charge in [-0.1, -0.05) is 39.5 Å². The predicted octanol–water partition coefficient (Wildman–Crippen LogP) is 3.27. The molecule has 0 amide bonds. The van der Waals surface area contributed by atoms with Crippen LogP contribution in [0.3, 0.4) is 0 Å². The van der Waals surface area contributed by atoms with Gasteiger partial charge in [-0.05, 0) is 24.7 Å². The van der Waals surface area contributed by atoms with Crippen LogP contribution >= 0.6 is 0 Å². The molecule has 4 heteroatoms. The third kappa shape index (κ3) is 11.3. The van der Waals surface area contributed by atoms with Gasteiger partial charge in [0.05, 0.1) is 13.1 Å². The lowest BCUT2D eigenvalue weighted by Gasteiger charge is -2.14. The Bertz CT molecular complexity index is 292. The molecule has 0 radical (unpaired) electrons. The molecule has 0 heterocycles. The van der Waals surface area contributed by atoms with Crippen molar-refractivity contribution in [3.05, 3.63) is 0 Å². The van der Waals surface area contributed by atoms with E-state index >= 15 is 0 Å². The van der Waals surface area contributed by atoms with Crippen molar-refractivity contribution in [2.75, 3.05) is 13.1 Å². The molecule has 2 atom stereocenters. The van der Waals surface area contributed by atoms with Crippen molar-refractivity contribution in [1.82, 2.24) is 0 Å². The van der Waals surface area contributed by atoms with Gasteiger partial charge in [0.1, 0.15) is 0 Å². The molecule has 0 bridgehead atoms. The molecule has 0 saturated carbocycles. The summed E-state index contributed by atoms with van der Waals surface area (Å²) in [6.45, 7) is 5.57. The first-order valence-electron chi connectivity index (χ1n) is 6.78. The summed E-state index contributed by atoms with van der Waals surface area (Å²) in [5.74, 6) is 1.14. The number of carbonyl (C=O) groups excluding carboxylic acids is 2. The Morgan fingerprint density at radius 1 is 0.889 bits per heavy atom. The quantitative estimate of drug-likeness (QED) is 0.322. The van der Waals surface area contributed by atoms with Crippen LogP contribution in [-0.2, 0) is 9.59 Å². The number of isocyanates is 2. The Morgan fingerprint density at radius 2 is 1.56 bits per heavy atom. The smallest absolute Gasteiger partial charge is 0.211 e. The van der Waals surface area contributed by atoms with Crippen molar-refractivity contribution < 1.29 is 9.59 Å². The maximum absolute atomic E-state index is 9.99. The molecular formula is C14H24N2O2. The lowest BCUT2D eigenvalue weighted by atomic mass is 9.92. The second kappa shape index (κ2) is 12.2. The second-order valence-corrected chi connectivity index (χ2v) is 5.05. The summed E-state index contributed by atoms with van der Waals surface area (Å²) >= 11 is 0. The molecule has 4 nitrogen and oxygen atoms in total. The van der Waals surface area contributed by atoms with Gasteiger partial charge in [0.2, 0.25) is 12.2 Å². The highest BCUT2D eigenvalue weighted by Gasteiger charge is 2.08. The second-order valence-electron chi connectivity index (χ2n) is 5.05. The average molecular weight is 252 g/mol. The van der Waals surface area contributed by atoms with Crippen LogP contribution in [0, 0.1) is 11.8 Å². The highest BCUT2D eigenvalue weighted by atomic mass is 16.1. The van der Waals surface area contributed by atoms with E-state index in [1.54, 1.807) is 12.2 Å². The Morgan fingerprint density at radius 3 is 2.22 bits per heavy atom. The molecule has 0 aliphatic carbocycles. The van der Waals surface area contributed by atoms with Crippen molar-refractivity contribution in [3.63, 3.8) is 0 Å². The molecular weight excluding hydrogens is 228 g/mol. The normalized spacial score (nSPS) is 13.2. The van der Waals surface area contributed by atoms with Crippen LogP contribution in [0.1, 0.15) is 52.4 Å². The van der Waals surface area contributed by atoms with Crippen molar-refractivity contribution in [3.8, 4) is 0 Å². The standard InChI is InChI=1S/C14H24N2O2/c1-13(9-14(2)10-16-12-18)7-5-3-4-6-8-15-11-17/h13-14H,3-10H2,1-2H3. The number of hydrogen-bond donors (Lipinski definition) is 0. The average Bonchev–Trinajstić information content (AvgIpc) is 2.35. The van der Waals surface area contributed by atoms with Gasteiger partial charge in [0.25, 0.3) is 0 Å². The van der Waals surface area contributed by atoms with E-state index < -0.39 is 0 Å². The molecule has 0 fully saturated rings. The Balaban J connectivity index is 3.43. The third-order valence-electron chi connectivity index (χ3n) is 3.05. The summed E-state index contributed by atoms with van der Waals surface area (Å²) in [6.07, 6.45) is 9.99. The molecule has 0 aliphatic heterocycles. The molecule has 0 saturated heterocycles. The summed E-state index contributed by atoms with van der Waals surface area (Å²) in [7, 11) is 0. The number of hydrogen-bond acceptors (Lipinski definition) is 4. The number of unbranched alkanes of at least 4 members (excludes halogenated alkanes) is 3. The summed E-state index contributed by atoms with van der Waals surface area (Å²) in [5, 5.41) is 0. The Kier molecular flexibility index (Phi) is 11.4. The van der Waals surface area contributed by atoms with E-state index in [2.05, 4.69) is 23.8 Å². The van der Waals surface area contributed by atoms with E-state index in [1.165, 1.54) is 19.3 Å². The first kappa shape index (κ1) is 16.8. The largest absolute Gasteiger partial charge is 0.234 e. The monoisotopic (exact) mass is 252 g/mol. The maximum atomic E-state index is 9.99. The molecule has 0 rings (SSSR count). The zero-order valence-corrected chi connectivity index (χ0v) is 11.5. The van der Waals surface area contributed by atoms with E-state index in [9.17, 15) is 9.59 Å². The highest BCUT2D eigenvalue weighted by molar-refractivity contribution is 5.32. The van der Waals surface area contributed by atoms with E-state index in [0.29, 0.717) is 24.9 Å². The molecule has 0 aromatic heterocycles. The van der Waals surface area contributed by atoms with Gasteiger partial charge in [-0.3, -0.25) is 0 Å². The fourth-order valence-corrected chi connectivity index (χ4v) is 2.16. The summed E-state index contributed by atoms with van der Waals surface area (Å²) in [5.41, 5.74) is 0. The fourth-order valence-electron chi connectivity index (χ4n) is 2.16. The van der Waals surface area contributed by atoms with Crippen LogP contribution in [0.5, 0.6) is 0 Å². The van der Waals surface area contributed by atoms with E-state index in [-0.39, 0.29) is 0 Å². The molecule has 0 spiro atoms. The first-order valence-corrected chi connectivity index (χ1v) is 6.78. The number of rotatable bonds is 11. The number of nitrogens with zero attached hydrogens (tertiary/aromatic N) is 2. The van der Waals surface area contributed by atoms with Crippen molar-refractivity contribution in [1.29, 1.82) is 0 Å². The van der Waals surface area contributed by atoms with Gasteiger partial charge in [0, 0.05) is 0 Å². The van der Waals surface area contributed by atoms with Gasteiger partial charge in [-0.25, -0.2) is 19.6 Å². The van der Waals surface area contributed by atoms with Crippen LogP contribution in [-0.4, -0.2) is 25.2 Å². The minimum atomic E-state index is 0.461. The highest BCUT2D eigenvalue weighted by Crippen LogP contribution is 2.18. The van der Waals surface area contributed by atoms with Crippen LogP contribution in [0.15, 0.2) is 9.98 Å². The predicted molar refractivity (Wildman–Crippen MR) is 72.0 cm³/mol. The van der Waals surface area contributed by atoms with Crippen LogP contribution in [0.25, 0.3) is 0 Å². The Hall–Kier alpha value is -1.24. The molecule has 0 aromatic rings. The summed E-state index contributed by atoms with van der Waals surface area (Å²) in [4.78, 5) is 27.0. The molecule has 18 heavy (non-hydrogen) atoms. The van der Waals surface area contributed by atoms with E-state index in [4.69, 9.17) is 0 Å². The zero-order valence-electron chi connectivity index (χ0n) is 11.5. The lowest BCUT2D eigenvalue weighted by molar-refractivity contribution is 0.386. The molecule has 2 unspecified atom stereocenters. The third-order valence-corrected chi connectivity index (χ3v) is 3.05. The van der Waals surface area contributed by atoms with E-state index in [0.717, 1.165) is 19.3 Å². The van der Waals surface area contributed by atoms with Gasteiger partial charge in [-0.15, -0.1) is 0 Å². The van der Waals surface area contributed by atoms with Crippen molar-refractivity contribution in [2.24, 2.45) is 21.8 Å². The molecule has 0 aromatic carbocycles. The van der Waals surface area contributed by atoms with Crippen LogP contribution < -0.4 is 0 Å². The topological polar surface area (TPSA) is 58.9 Å². The molecule has 0 aliphatic rings. The van der Waals surface area contributed by atoms with Crippen LogP contribution in [0.2, 0.25) is 0 Å². The maximum Gasteiger partial charge on any atom is 0.234 e. The first-order chi connectivity index (χ1) is 8.70. The van der Waals surface area contributed by atoms with E-state index in [1.807, 2.05) is 0 Å². The summed E-state index contributed by atoms with van der Waals surface area (Å²) < 4.78 is 0. The van der Waals surface area contributed by atoms with Gasteiger partial charge in [-0.2, -0.15) is 0 Å². The van der Waals surface area contributed by atoms with Crippen LogP contribution in [0.4, 0.5) is 0 Å². The number of aliphatic imine (C=N–C) groups is 2. The van der Waals surface area contributed by atoms with Gasteiger partial charge < -0.3 is 0 Å². The van der Waals surface area contributed by atoms with Crippen molar-refractivity contribution in [2.45, 2.75) is 52.4 Å².